The lowest BCUT2D eigenvalue weighted by molar-refractivity contribution is 0.732. The minimum Gasteiger partial charge on any atom is -0.307 e. The number of nitrogens with zero attached hydrogens (tertiary/aromatic N) is 2. The van der Waals surface area contributed by atoms with Gasteiger partial charge in [-0.05, 0) is 12.5 Å². The van der Waals surface area contributed by atoms with Crippen LogP contribution in [0.2, 0.25) is 5.15 Å². The molecule has 1 aromatic heterocycles. The van der Waals surface area contributed by atoms with E-state index in [2.05, 4.69) is 11.6 Å². The van der Waals surface area contributed by atoms with Crippen LogP contribution in [0.25, 0.3) is 5.57 Å². The summed E-state index contributed by atoms with van der Waals surface area (Å²) in [6.45, 7) is 9.42. The van der Waals surface area contributed by atoms with Crippen molar-refractivity contribution in [2.75, 3.05) is 0 Å². The van der Waals surface area contributed by atoms with Crippen LogP contribution in [0.4, 0.5) is 0 Å². The molecule has 0 aliphatic heterocycles. The van der Waals surface area contributed by atoms with Gasteiger partial charge in [0.05, 0.1) is 5.69 Å². The fourth-order valence-corrected chi connectivity index (χ4v) is 1.84. The first-order chi connectivity index (χ1) is 6.86. The molecule has 0 aliphatic carbocycles. The van der Waals surface area contributed by atoms with Crippen LogP contribution in [0, 0.1) is 0 Å². The van der Waals surface area contributed by atoms with Crippen molar-refractivity contribution in [2.24, 2.45) is 7.05 Å². The van der Waals surface area contributed by atoms with Crippen molar-refractivity contribution in [1.29, 1.82) is 0 Å². The summed E-state index contributed by atoms with van der Waals surface area (Å²) in [7, 11) is 1.69. The van der Waals surface area contributed by atoms with Gasteiger partial charge in [-0.25, -0.2) is 4.98 Å². The molecule has 82 valence electrons. The van der Waals surface area contributed by atoms with E-state index in [1.807, 2.05) is 13.8 Å². The van der Waals surface area contributed by atoms with Gasteiger partial charge in [-0.15, -0.1) is 0 Å². The first-order valence-electron chi connectivity index (χ1n) is 4.78. The fourth-order valence-electron chi connectivity index (χ4n) is 1.46. The monoisotopic (exact) mass is 226 g/mol. The van der Waals surface area contributed by atoms with Gasteiger partial charge in [0.2, 0.25) is 0 Å². The van der Waals surface area contributed by atoms with E-state index in [1.165, 1.54) is 4.57 Å². The molecule has 0 aliphatic rings. The summed E-state index contributed by atoms with van der Waals surface area (Å²) in [6, 6.07) is 0. The minimum atomic E-state index is -0.104. The van der Waals surface area contributed by atoms with Gasteiger partial charge in [0.25, 0.3) is 5.56 Å². The average molecular weight is 227 g/mol. The normalized spacial score (nSPS) is 10.8. The number of allylic oxidation sites excluding steroid dienone is 1. The van der Waals surface area contributed by atoms with Crippen molar-refractivity contribution < 1.29 is 0 Å². The van der Waals surface area contributed by atoms with Crippen LogP contribution in [0.15, 0.2) is 11.4 Å². The van der Waals surface area contributed by atoms with Crippen LogP contribution < -0.4 is 5.56 Å². The summed E-state index contributed by atoms with van der Waals surface area (Å²) in [5.74, 6) is 0.0698. The molecular weight excluding hydrogens is 212 g/mol. The second kappa shape index (κ2) is 4.19. The molecule has 0 saturated heterocycles. The Hall–Kier alpha value is -1.09. The van der Waals surface area contributed by atoms with E-state index in [0.29, 0.717) is 16.5 Å². The van der Waals surface area contributed by atoms with Gasteiger partial charge in [0, 0.05) is 13.0 Å². The lowest BCUT2D eigenvalue weighted by atomic mass is 10.1. The van der Waals surface area contributed by atoms with E-state index in [0.717, 1.165) is 5.57 Å². The molecule has 0 spiro atoms. The molecule has 15 heavy (non-hydrogen) atoms. The first-order valence-corrected chi connectivity index (χ1v) is 5.16. The maximum atomic E-state index is 11.9. The molecule has 4 heteroatoms. The number of rotatable bonds is 2. The van der Waals surface area contributed by atoms with Crippen molar-refractivity contribution >= 4 is 17.2 Å². The highest BCUT2D eigenvalue weighted by Gasteiger charge is 2.15. The van der Waals surface area contributed by atoms with Crippen LogP contribution in [-0.4, -0.2) is 9.55 Å². The Bertz CT molecular complexity index is 460. The van der Waals surface area contributed by atoms with Crippen molar-refractivity contribution in [3.8, 4) is 0 Å². The second-order valence-corrected chi connectivity index (χ2v) is 4.29. The molecule has 0 atom stereocenters. The van der Waals surface area contributed by atoms with Crippen molar-refractivity contribution in [1.82, 2.24) is 9.55 Å². The Morgan fingerprint density at radius 2 is 2.07 bits per heavy atom. The highest BCUT2D eigenvalue weighted by atomic mass is 35.5. The zero-order chi connectivity index (χ0) is 11.7. The smallest absolute Gasteiger partial charge is 0.272 e. The zero-order valence-corrected chi connectivity index (χ0v) is 10.2. The summed E-state index contributed by atoms with van der Waals surface area (Å²) in [6.07, 6.45) is 0. The predicted octanol–water partition coefficient (Wildman–Crippen LogP) is 2.59. The summed E-state index contributed by atoms with van der Waals surface area (Å²) in [5.41, 5.74) is 1.73. The van der Waals surface area contributed by atoms with E-state index in [-0.39, 0.29) is 11.5 Å². The van der Waals surface area contributed by atoms with Gasteiger partial charge in [0.15, 0.2) is 5.15 Å². The standard InChI is InChI=1S/C11H15ClN2O/c1-6(2)8-11(15)14(5)9(7(3)4)10(12)13-8/h6H,3H2,1-2,4-5H3. The molecule has 0 radical (unpaired) electrons. The van der Waals surface area contributed by atoms with E-state index < -0.39 is 0 Å². The molecule has 0 fully saturated rings. The third kappa shape index (κ3) is 2.12. The molecule has 1 heterocycles. The van der Waals surface area contributed by atoms with Gasteiger partial charge >= 0.3 is 0 Å². The molecule has 0 bridgehead atoms. The Morgan fingerprint density at radius 3 is 2.47 bits per heavy atom. The third-order valence-electron chi connectivity index (χ3n) is 2.22. The molecule has 3 nitrogen and oxygen atoms in total. The Balaban J connectivity index is 3.59. The Kier molecular flexibility index (Phi) is 3.35. The molecule has 0 N–H and O–H groups in total. The lowest BCUT2D eigenvalue weighted by Gasteiger charge is -2.12. The molecule has 0 amide bonds. The topological polar surface area (TPSA) is 34.9 Å². The van der Waals surface area contributed by atoms with Crippen LogP contribution in [0.1, 0.15) is 38.1 Å². The Labute approximate surface area is 94.4 Å². The van der Waals surface area contributed by atoms with Gasteiger partial charge in [0.1, 0.15) is 5.69 Å². The highest BCUT2D eigenvalue weighted by Crippen LogP contribution is 2.20. The van der Waals surface area contributed by atoms with E-state index in [9.17, 15) is 4.79 Å². The molecule has 1 aromatic rings. The molecule has 1 rings (SSSR count). The highest BCUT2D eigenvalue weighted by molar-refractivity contribution is 6.30. The number of halogens is 1. The van der Waals surface area contributed by atoms with Gasteiger partial charge in [-0.3, -0.25) is 4.79 Å². The maximum absolute atomic E-state index is 11.9. The average Bonchev–Trinajstić information content (AvgIpc) is 2.10. The van der Waals surface area contributed by atoms with E-state index in [4.69, 9.17) is 11.6 Å². The van der Waals surface area contributed by atoms with Crippen molar-refractivity contribution in [2.45, 2.75) is 26.7 Å². The summed E-state index contributed by atoms with van der Waals surface area (Å²) in [5, 5.41) is 0.341. The summed E-state index contributed by atoms with van der Waals surface area (Å²) < 4.78 is 1.51. The maximum Gasteiger partial charge on any atom is 0.272 e. The predicted molar refractivity (Wildman–Crippen MR) is 63.3 cm³/mol. The molecule has 0 unspecified atom stereocenters. The van der Waals surface area contributed by atoms with Crippen molar-refractivity contribution in [3.05, 3.63) is 33.5 Å². The Morgan fingerprint density at radius 1 is 1.53 bits per heavy atom. The molecular formula is C11H15ClN2O. The first kappa shape index (κ1) is 12.0. The fraction of sp³-hybridized carbons (Fsp3) is 0.455. The second-order valence-electron chi connectivity index (χ2n) is 3.94. The number of hydrogen-bond acceptors (Lipinski definition) is 2. The zero-order valence-electron chi connectivity index (χ0n) is 9.47. The van der Waals surface area contributed by atoms with Gasteiger partial charge in [-0.1, -0.05) is 32.0 Å². The van der Waals surface area contributed by atoms with E-state index >= 15 is 0 Å². The van der Waals surface area contributed by atoms with Crippen LogP contribution in [-0.2, 0) is 7.05 Å². The van der Waals surface area contributed by atoms with Crippen LogP contribution >= 0.6 is 11.6 Å². The number of hydrogen-bond donors (Lipinski definition) is 0. The summed E-state index contributed by atoms with van der Waals surface area (Å²) in [4.78, 5) is 16.0. The largest absolute Gasteiger partial charge is 0.307 e. The molecule has 0 saturated carbocycles. The van der Waals surface area contributed by atoms with E-state index in [1.54, 1.807) is 14.0 Å². The number of aromatic nitrogens is 2. The lowest BCUT2D eigenvalue weighted by Crippen LogP contribution is -2.26. The van der Waals surface area contributed by atoms with Crippen molar-refractivity contribution in [3.63, 3.8) is 0 Å². The van der Waals surface area contributed by atoms with Crippen LogP contribution in [0.3, 0.4) is 0 Å². The third-order valence-corrected chi connectivity index (χ3v) is 2.49. The van der Waals surface area contributed by atoms with Gasteiger partial charge in [-0.2, -0.15) is 0 Å². The molecule has 0 aromatic carbocycles. The summed E-state index contributed by atoms with van der Waals surface area (Å²) >= 11 is 6.01. The van der Waals surface area contributed by atoms with Gasteiger partial charge < -0.3 is 4.57 Å². The SMILES string of the molecule is C=C(C)c1c(Cl)nc(C(C)C)c(=O)n1C. The van der Waals surface area contributed by atoms with Crippen LogP contribution in [0.5, 0.6) is 0 Å². The quantitative estimate of drug-likeness (QED) is 0.777. The minimum absolute atomic E-state index is 0.0698.